The molecule has 0 unspecified atom stereocenters. The quantitative estimate of drug-likeness (QED) is 0.651. The van der Waals surface area contributed by atoms with Crippen LogP contribution in [0.5, 0.6) is 0 Å². The number of carbonyl (C=O) groups is 2. The van der Waals surface area contributed by atoms with Gasteiger partial charge >= 0.3 is 6.03 Å². The Morgan fingerprint density at radius 2 is 1.73 bits per heavy atom. The molecule has 1 aliphatic rings. The Balaban J connectivity index is 1.35. The molecule has 3 amide bonds. The van der Waals surface area contributed by atoms with Gasteiger partial charge in [0.25, 0.3) is 5.91 Å². The van der Waals surface area contributed by atoms with Gasteiger partial charge in [0.05, 0.1) is 17.6 Å². The van der Waals surface area contributed by atoms with Crippen LogP contribution >= 0.6 is 0 Å². The lowest BCUT2D eigenvalue weighted by Gasteiger charge is -2.34. The molecule has 4 rings (SSSR count). The number of anilines is 1. The number of imidazole rings is 1. The highest BCUT2D eigenvalue weighted by Crippen LogP contribution is 2.19. The Morgan fingerprint density at radius 1 is 1.03 bits per heavy atom. The third-order valence-electron chi connectivity index (χ3n) is 6.26. The second-order valence-electron chi connectivity index (χ2n) is 8.73. The van der Waals surface area contributed by atoms with Crippen molar-refractivity contribution in [1.82, 2.24) is 24.3 Å². The number of aryl methyl sites for hydroxylation is 2. The molecule has 0 spiro atoms. The highest BCUT2D eigenvalue weighted by molar-refractivity contribution is 5.97. The summed E-state index contributed by atoms with van der Waals surface area (Å²) in [7, 11) is 5.50. The molecule has 8 nitrogen and oxygen atoms in total. The van der Waals surface area contributed by atoms with E-state index < -0.39 is 0 Å². The Kier molecular flexibility index (Phi) is 6.65. The summed E-state index contributed by atoms with van der Waals surface area (Å²) in [5.41, 5.74) is 4.55. The number of nitrogens with zero attached hydrogens (tertiary/aromatic N) is 5. The molecule has 0 bridgehead atoms. The van der Waals surface area contributed by atoms with Crippen molar-refractivity contribution in [3.8, 4) is 0 Å². The molecule has 1 fully saturated rings. The standard InChI is InChI=1S/C25H32N6O2/c1-5-18-6-9-20(10-7-18)26-25(33)31-14-12-30(13-15-31)17-23-27-21-16-19(24(32)28(2)3)8-11-22(21)29(23)4/h6-11,16H,5,12-15,17H2,1-4H3,(H,26,33). The molecule has 33 heavy (non-hydrogen) atoms. The van der Waals surface area contributed by atoms with Gasteiger partial charge in [0.15, 0.2) is 0 Å². The molecule has 8 heteroatoms. The third kappa shape index (κ3) is 5.01. The SMILES string of the molecule is CCc1ccc(NC(=O)N2CCN(Cc3nc4cc(C(=O)N(C)C)ccc4n3C)CC2)cc1. The van der Waals surface area contributed by atoms with Gasteiger partial charge in [-0.1, -0.05) is 19.1 Å². The van der Waals surface area contributed by atoms with Crippen LogP contribution in [0.15, 0.2) is 42.5 Å². The van der Waals surface area contributed by atoms with E-state index >= 15 is 0 Å². The monoisotopic (exact) mass is 448 g/mol. The second kappa shape index (κ2) is 9.62. The van der Waals surface area contributed by atoms with Gasteiger partial charge in [-0.15, -0.1) is 0 Å². The zero-order valence-corrected chi connectivity index (χ0v) is 19.8. The molecular weight excluding hydrogens is 416 g/mol. The van der Waals surface area contributed by atoms with Gasteiger partial charge in [-0.3, -0.25) is 9.69 Å². The number of urea groups is 1. The molecule has 2 heterocycles. The molecule has 2 aromatic carbocycles. The molecule has 0 aliphatic carbocycles. The third-order valence-corrected chi connectivity index (χ3v) is 6.26. The summed E-state index contributed by atoms with van der Waals surface area (Å²) in [6.45, 7) is 5.74. The van der Waals surface area contributed by atoms with E-state index in [0.717, 1.165) is 42.1 Å². The Morgan fingerprint density at radius 3 is 2.36 bits per heavy atom. The minimum Gasteiger partial charge on any atom is -0.345 e. The van der Waals surface area contributed by atoms with Crippen molar-refractivity contribution in [2.75, 3.05) is 45.6 Å². The number of carbonyl (C=O) groups excluding carboxylic acids is 2. The van der Waals surface area contributed by atoms with E-state index in [2.05, 4.69) is 21.7 Å². The van der Waals surface area contributed by atoms with Crippen LogP contribution in [0.1, 0.15) is 28.7 Å². The average Bonchev–Trinajstić information content (AvgIpc) is 3.13. The van der Waals surface area contributed by atoms with E-state index in [1.165, 1.54) is 5.56 Å². The van der Waals surface area contributed by atoms with Crippen molar-refractivity contribution in [3.63, 3.8) is 0 Å². The first-order valence-corrected chi connectivity index (χ1v) is 11.4. The highest BCUT2D eigenvalue weighted by atomic mass is 16.2. The predicted octanol–water partition coefficient (Wildman–Crippen LogP) is 3.19. The molecule has 1 N–H and O–H groups in total. The zero-order chi connectivity index (χ0) is 23.5. The fourth-order valence-electron chi connectivity index (χ4n) is 4.12. The maximum absolute atomic E-state index is 12.6. The van der Waals surface area contributed by atoms with Crippen molar-refractivity contribution in [2.24, 2.45) is 7.05 Å². The molecule has 0 saturated carbocycles. The van der Waals surface area contributed by atoms with Gasteiger partial charge in [0, 0.05) is 58.6 Å². The number of piperazine rings is 1. The first kappa shape index (κ1) is 22.8. The van der Waals surface area contributed by atoms with E-state index in [1.54, 1.807) is 19.0 Å². The Bertz CT molecular complexity index is 1140. The van der Waals surface area contributed by atoms with E-state index in [-0.39, 0.29) is 11.9 Å². The van der Waals surface area contributed by atoms with Crippen molar-refractivity contribution in [3.05, 3.63) is 59.4 Å². The predicted molar refractivity (Wildman–Crippen MR) is 130 cm³/mol. The lowest BCUT2D eigenvalue weighted by atomic mass is 10.1. The van der Waals surface area contributed by atoms with E-state index in [4.69, 9.17) is 4.98 Å². The van der Waals surface area contributed by atoms with Crippen LogP contribution in [0.2, 0.25) is 0 Å². The minimum atomic E-state index is -0.0558. The summed E-state index contributed by atoms with van der Waals surface area (Å²) >= 11 is 0. The smallest absolute Gasteiger partial charge is 0.321 e. The maximum Gasteiger partial charge on any atom is 0.321 e. The second-order valence-corrected chi connectivity index (χ2v) is 8.73. The molecular formula is C25H32N6O2. The van der Waals surface area contributed by atoms with Gasteiger partial charge in [0.2, 0.25) is 0 Å². The molecule has 1 aliphatic heterocycles. The van der Waals surface area contributed by atoms with Crippen LogP contribution in [0, 0.1) is 0 Å². The summed E-state index contributed by atoms with van der Waals surface area (Å²) in [6, 6.07) is 13.6. The van der Waals surface area contributed by atoms with Gasteiger partial charge in [-0.25, -0.2) is 9.78 Å². The lowest BCUT2D eigenvalue weighted by Crippen LogP contribution is -2.49. The van der Waals surface area contributed by atoms with Gasteiger partial charge in [0.1, 0.15) is 5.82 Å². The molecule has 174 valence electrons. The van der Waals surface area contributed by atoms with Crippen molar-refractivity contribution < 1.29 is 9.59 Å². The van der Waals surface area contributed by atoms with Gasteiger partial charge < -0.3 is 19.7 Å². The molecule has 1 aromatic heterocycles. The van der Waals surface area contributed by atoms with Gasteiger partial charge in [-0.2, -0.15) is 0 Å². The Labute approximate surface area is 194 Å². The van der Waals surface area contributed by atoms with Crippen molar-refractivity contribution in [2.45, 2.75) is 19.9 Å². The number of hydrogen-bond acceptors (Lipinski definition) is 4. The molecule has 1 saturated heterocycles. The number of hydrogen-bond donors (Lipinski definition) is 1. The summed E-state index contributed by atoms with van der Waals surface area (Å²) < 4.78 is 2.08. The highest BCUT2D eigenvalue weighted by Gasteiger charge is 2.23. The van der Waals surface area contributed by atoms with E-state index in [9.17, 15) is 9.59 Å². The zero-order valence-electron chi connectivity index (χ0n) is 19.8. The van der Waals surface area contributed by atoms with Crippen LogP contribution in [0.3, 0.4) is 0 Å². The van der Waals surface area contributed by atoms with Crippen molar-refractivity contribution in [1.29, 1.82) is 0 Å². The van der Waals surface area contributed by atoms with Gasteiger partial charge in [-0.05, 0) is 42.3 Å². The lowest BCUT2D eigenvalue weighted by molar-refractivity contribution is 0.0827. The summed E-state index contributed by atoms with van der Waals surface area (Å²) in [5, 5.41) is 3.00. The summed E-state index contributed by atoms with van der Waals surface area (Å²) in [5.74, 6) is 0.924. The summed E-state index contributed by atoms with van der Waals surface area (Å²) in [4.78, 5) is 35.4. The number of amides is 3. The molecule has 0 radical (unpaired) electrons. The number of rotatable bonds is 5. The van der Waals surface area contributed by atoms with Crippen LogP contribution in [-0.2, 0) is 20.0 Å². The van der Waals surface area contributed by atoms with Crippen LogP contribution in [0.4, 0.5) is 10.5 Å². The first-order valence-electron chi connectivity index (χ1n) is 11.4. The number of nitrogens with one attached hydrogen (secondary N) is 1. The fraction of sp³-hybridized carbons (Fsp3) is 0.400. The van der Waals surface area contributed by atoms with E-state index in [0.29, 0.717) is 25.2 Å². The normalized spacial score (nSPS) is 14.5. The van der Waals surface area contributed by atoms with Crippen LogP contribution < -0.4 is 5.32 Å². The molecule has 0 atom stereocenters. The van der Waals surface area contributed by atoms with Crippen molar-refractivity contribution >= 4 is 28.7 Å². The Hall–Kier alpha value is -3.39. The van der Waals surface area contributed by atoms with E-state index in [1.807, 2.05) is 54.4 Å². The minimum absolute atomic E-state index is 0.0280. The average molecular weight is 449 g/mol. The maximum atomic E-state index is 12.6. The molecule has 3 aromatic rings. The topological polar surface area (TPSA) is 73.7 Å². The number of aromatic nitrogens is 2. The van der Waals surface area contributed by atoms with Crippen LogP contribution in [0.25, 0.3) is 11.0 Å². The largest absolute Gasteiger partial charge is 0.345 e. The number of benzene rings is 2. The number of fused-ring (bicyclic) bond motifs is 1. The summed E-state index contributed by atoms with van der Waals surface area (Å²) in [6.07, 6.45) is 0.983. The first-order chi connectivity index (χ1) is 15.9. The van der Waals surface area contributed by atoms with Crippen LogP contribution in [-0.4, -0.2) is 76.5 Å². The fourth-order valence-corrected chi connectivity index (χ4v) is 4.12.